The molecule has 1 heterocycles. The second-order valence-corrected chi connectivity index (χ2v) is 9.90. The lowest BCUT2D eigenvalue weighted by Gasteiger charge is -2.20. The molecule has 0 saturated heterocycles. The maximum absolute atomic E-state index is 14.2. The second kappa shape index (κ2) is 8.84. The fraction of sp³-hybridized carbons (Fsp3) is 0.182. The minimum absolute atomic E-state index is 0.134. The van der Waals surface area contributed by atoms with Crippen molar-refractivity contribution in [3.05, 3.63) is 83.0 Å². The fourth-order valence-corrected chi connectivity index (χ4v) is 4.78. The molecule has 1 unspecified atom stereocenters. The molecule has 0 radical (unpaired) electrons. The second-order valence-electron chi connectivity index (χ2n) is 7.24. The number of aromatic nitrogens is 1. The van der Waals surface area contributed by atoms with Crippen LogP contribution in [0, 0.1) is 11.6 Å². The molecule has 1 aliphatic rings. The Morgan fingerprint density at radius 3 is 2.41 bits per heavy atom. The number of nitrogens with zero attached hydrogens (tertiary/aromatic N) is 1. The number of carbonyl (C=O) groups excluding carboxylic acids is 1. The third kappa shape index (κ3) is 4.89. The smallest absolute Gasteiger partial charge is 0.271 e. The van der Waals surface area contributed by atoms with E-state index in [0.717, 1.165) is 12.1 Å². The summed E-state index contributed by atoms with van der Waals surface area (Å²) in [5, 5.41) is 2.53. The number of hydrogen-bond donors (Lipinski definition) is 1. The normalized spacial score (nSPS) is 14.6. The summed E-state index contributed by atoms with van der Waals surface area (Å²) >= 11 is 5.80. The minimum atomic E-state index is -3.42. The lowest BCUT2D eigenvalue weighted by Crippen LogP contribution is -2.26. The number of pyridine rings is 1. The molecule has 0 spiro atoms. The van der Waals surface area contributed by atoms with Crippen molar-refractivity contribution in [3.63, 3.8) is 0 Å². The zero-order valence-electron chi connectivity index (χ0n) is 16.5. The number of amides is 1. The van der Waals surface area contributed by atoms with Gasteiger partial charge in [0.2, 0.25) is 6.10 Å². The first-order chi connectivity index (χ1) is 15.2. The topological polar surface area (TPSA) is 85.4 Å². The van der Waals surface area contributed by atoms with Crippen molar-refractivity contribution in [1.29, 1.82) is 0 Å². The number of halogens is 3. The molecule has 166 valence electrons. The van der Waals surface area contributed by atoms with Crippen molar-refractivity contribution < 1.29 is 26.7 Å². The van der Waals surface area contributed by atoms with E-state index >= 15 is 0 Å². The van der Waals surface area contributed by atoms with E-state index in [1.54, 1.807) is 0 Å². The van der Waals surface area contributed by atoms with E-state index in [1.807, 2.05) is 0 Å². The Hall–Kier alpha value is -3.04. The Balaban J connectivity index is 1.64. The van der Waals surface area contributed by atoms with Gasteiger partial charge >= 0.3 is 0 Å². The summed E-state index contributed by atoms with van der Waals surface area (Å²) in [5.41, 5.74) is 0.273. The lowest BCUT2D eigenvalue weighted by atomic mass is 10.1. The highest BCUT2D eigenvalue weighted by Gasteiger charge is 2.37. The maximum atomic E-state index is 14.2. The average molecular weight is 479 g/mol. The van der Waals surface area contributed by atoms with E-state index in [-0.39, 0.29) is 27.3 Å². The van der Waals surface area contributed by atoms with Crippen LogP contribution in [-0.4, -0.2) is 24.6 Å². The molecule has 1 aromatic heterocycles. The zero-order chi connectivity index (χ0) is 22.9. The fourth-order valence-electron chi connectivity index (χ4n) is 3.02. The van der Waals surface area contributed by atoms with Crippen LogP contribution in [0.2, 0.25) is 5.02 Å². The Morgan fingerprint density at radius 1 is 1.09 bits per heavy atom. The summed E-state index contributed by atoms with van der Waals surface area (Å²) < 4.78 is 57.9. The predicted molar refractivity (Wildman–Crippen MR) is 114 cm³/mol. The highest BCUT2D eigenvalue weighted by atomic mass is 35.5. The number of hydrogen-bond acceptors (Lipinski definition) is 5. The predicted octanol–water partition coefficient (Wildman–Crippen LogP) is 4.71. The highest BCUT2D eigenvalue weighted by molar-refractivity contribution is 7.92. The van der Waals surface area contributed by atoms with Crippen LogP contribution in [0.15, 0.2) is 65.7 Å². The monoisotopic (exact) mass is 478 g/mol. The van der Waals surface area contributed by atoms with Crippen LogP contribution in [0.5, 0.6) is 5.75 Å². The van der Waals surface area contributed by atoms with Gasteiger partial charge in [0.1, 0.15) is 11.6 Å². The van der Waals surface area contributed by atoms with Crippen molar-refractivity contribution in [3.8, 4) is 5.75 Å². The van der Waals surface area contributed by atoms with E-state index in [2.05, 4.69) is 10.3 Å². The number of rotatable bonds is 7. The van der Waals surface area contributed by atoms with Crippen molar-refractivity contribution in [2.75, 3.05) is 5.32 Å². The van der Waals surface area contributed by atoms with Crippen molar-refractivity contribution in [2.24, 2.45) is 0 Å². The van der Waals surface area contributed by atoms with Gasteiger partial charge in [-0.25, -0.2) is 22.2 Å². The van der Waals surface area contributed by atoms with Gasteiger partial charge in [0.15, 0.2) is 21.4 Å². The summed E-state index contributed by atoms with van der Waals surface area (Å²) in [6, 6.07) is 11.3. The number of carbonyl (C=O) groups is 1. The quantitative estimate of drug-likeness (QED) is 0.531. The van der Waals surface area contributed by atoms with Gasteiger partial charge in [0.25, 0.3) is 5.91 Å². The number of sulfone groups is 1. The van der Waals surface area contributed by atoms with E-state index in [9.17, 15) is 22.0 Å². The van der Waals surface area contributed by atoms with E-state index in [1.165, 1.54) is 42.6 Å². The van der Waals surface area contributed by atoms with Crippen LogP contribution in [0.3, 0.4) is 0 Å². The molecule has 1 saturated carbocycles. The molecule has 0 aliphatic heterocycles. The summed E-state index contributed by atoms with van der Waals surface area (Å²) in [7, 11) is -3.42. The van der Waals surface area contributed by atoms with E-state index < -0.39 is 33.5 Å². The summed E-state index contributed by atoms with van der Waals surface area (Å²) in [4.78, 5) is 17.1. The molecule has 1 amide bonds. The molecule has 32 heavy (non-hydrogen) atoms. The molecule has 1 N–H and O–H groups in total. The molecular formula is C22H17ClF2N2O4S. The average Bonchev–Trinajstić information content (AvgIpc) is 3.61. The van der Waals surface area contributed by atoms with Crippen LogP contribution in [0.1, 0.15) is 24.5 Å². The summed E-state index contributed by atoms with van der Waals surface area (Å²) in [6.45, 7) is 0. The molecule has 2 aromatic carbocycles. The van der Waals surface area contributed by atoms with Crippen molar-refractivity contribution in [2.45, 2.75) is 29.1 Å². The lowest BCUT2D eigenvalue weighted by molar-refractivity contribution is -0.123. The standard InChI is InChI=1S/C22H17ClF2N2O4S/c23-14-3-10-20(26-12-14)27-22(28)21(31-19-9-4-15(24)11-18(19)25)13-1-5-16(6-2-13)32(29,30)17-7-8-17/h1-6,9-12,17,21H,7-8H2,(H,26,27,28). The van der Waals surface area contributed by atoms with Gasteiger partial charge < -0.3 is 10.1 Å². The first kappa shape index (κ1) is 22.2. The molecule has 3 aromatic rings. The maximum Gasteiger partial charge on any atom is 0.271 e. The van der Waals surface area contributed by atoms with Gasteiger partial charge in [0, 0.05) is 17.8 Å². The SMILES string of the molecule is O=C(Nc1ccc(Cl)cn1)C(Oc1ccc(F)cc1F)c1ccc(S(=O)(=O)C2CC2)cc1. The highest BCUT2D eigenvalue weighted by Crippen LogP contribution is 2.34. The van der Waals surface area contributed by atoms with E-state index in [4.69, 9.17) is 16.3 Å². The third-order valence-electron chi connectivity index (χ3n) is 4.83. The van der Waals surface area contributed by atoms with Gasteiger partial charge in [-0.2, -0.15) is 0 Å². The third-order valence-corrected chi connectivity index (χ3v) is 7.33. The Morgan fingerprint density at radius 2 is 1.81 bits per heavy atom. The number of nitrogens with one attached hydrogen (secondary N) is 1. The Labute approximate surface area is 188 Å². The van der Waals surface area contributed by atoms with Crippen molar-refractivity contribution >= 4 is 33.2 Å². The Kier molecular flexibility index (Phi) is 6.12. The summed E-state index contributed by atoms with van der Waals surface area (Å²) in [5.74, 6) is -2.64. The first-order valence-electron chi connectivity index (χ1n) is 9.62. The number of anilines is 1. The van der Waals surface area contributed by atoms with Gasteiger partial charge in [-0.05, 0) is 49.2 Å². The molecular weight excluding hydrogens is 462 g/mol. The van der Waals surface area contributed by atoms with Gasteiger partial charge in [-0.15, -0.1) is 0 Å². The largest absolute Gasteiger partial charge is 0.473 e. The number of ether oxygens (including phenoxy) is 1. The molecule has 1 aliphatic carbocycles. The van der Waals surface area contributed by atoms with Gasteiger partial charge in [-0.3, -0.25) is 4.79 Å². The number of benzene rings is 2. The van der Waals surface area contributed by atoms with Crippen LogP contribution >= 0.6 is 11.6 Å². The van der Waals surface area contributed by atoms with Crippen LogP contribution in [-0.2, 0) is 14.6 Å². The molecule has 1 atom stereocenters. The molecule has 6 nitrogen and oxygen atoms in total. The zero-order valence-corrected chi connectivity index (χ0v) is 18.0. The molecule has 1 fully saturated rings. The van der Waals surface area contributed by atoms with Crippen molar-refractivity contribution in [1.82, 2.24) is 4.98 Å². The van der Waals surface area contributed by atoms with Gasteiger partial charge in [0.05, 0.1) is 15.2 Å². The summed E-state index contributed by atoms with van der Waals surface area (Å²) in [6.07, 6.45) is 1.21. The molecule has 10 heteroatoms. The Bertz CT molecular complexity index is 1250. The first-order valence-corrected chi connectivity index (χ1v) is 11.5. The van der Waals surface area contributed by atoms with Crippen LogP contribution in [0.4, 0.5) is 14.6 Å². The molecule has 4 rings (SSSR count). The molecule has 0 bridgehead atoms. The minimum Gasteiger partial charge on any atom is -0.473 e. The van der Waals surface area contributed by atoms with Gasteiger partial charge in [-0.1, -0.05) is 23.7 Å². The van der Waals surface area contributed by atoms with Crippen LogP contribution in [0.25, 0.3) is 0 Å². The van der Waals surface area contributed by atoms with Crippen LogP contribution < -0.4 is 10.1 Å². The van der Waals surface area contributed by atoms with E-state index in [0.29, 0.717) is 23.9 Å².